The van der Waals surface area contributed by atoms with Crippen LogP contribution >= 0.6 is 0 Å². The first-order valence-corrected chi connectivity index (χ1v) is 5.99. The molecule has 0 aliphatic heterocycles. The summed E-state index contributed by atoms with van der Waals surface area (Å²) in [6.07, 6.45) is 1.74. The Morgan fingerprint density at radius 3 is 2.06 bits per heavy atom. The van der Waals surface area contributed by atoms with Crippen molar-refractivity contribution >= 4 is 6.09 Å². The summed E-state index contributed by atoms with van der Waals surface area (Å²) in [6, 6.07) is 0.161. The van der Waals surface area contributed by atoms with Crippen molar-refractivity contribution in [1.29, 1.82) is 0 Å². The highest BCUT2D eigenvalue weighted by atomic mass is 16.6. The van der Waals surface area contributed by atoms with Crippen molar-refractivity contribution in [2.75, 3.05) is 0 Å². The summed E-state index contributed by atoms with van der Waals surface area (Å²) in [5, 5.41) is 2.85. The monoisotopic (exact) mass is 229 g/mol. The van der Waals surface area contributed by atoms with Gasteiger partial charge in [0.15, 0.2) is 0 Å². The van der Waals surface area contributed by atoms with Crippen LogP contribution < -0.4 is 5.32 Å². The zero-order valence-corrected chi connectivity index (χ0v) is 11.8. The summed E-state index contributed by atoms with van der Waals surface area (Å²) < 4.78 is 5.19. The Kier molecular flexibility index (Phi) is 5.30. The van der Waals surface area contributed by atoms with Gasteiger partial charge in [-0.2, -0.15) is 0 Å². The third-order valence-electron chi connectivity index (χ3n) is 2.09. The summed E-state index contributed by atoms with van der Waals surface area (Å²) in [5.74, 6) is 0. The molecule has 1 amide bonds. The minimum Gasteiger partial charge on any atom is -0.444 e. The van der Waals surface area contributed by atoms with Gasteiger partial charge in [-0.05, 0) is 46.0 Å². The van der Waals surface area contributed by atoms with Gasteiger partial charge in [-0.3, -0.25) is 0 Å². The second-order valence-electron chi connectivity index (χ2n) is 6.65. The van der Waals surface area contributed by atoms with Crippen molar-refractivity contribution in [2.24, 2.45) is 5.41 Å². The van der Waals surface area contributed by atoms with Crippen molar-refractivity contribution in [3.63, 3.8) is 0 Å². The van der Waals surface area contributed by atoms with Crippen LogP contribution in [-0.4, -0.2) is 17.7 Å². The van der Waals surface area contributed by atoms with Gasteiger partial charge >= 0.3 is 6.09 Å². The molecule has 3 heteroatoms. The molecule has 96 valence electrons. The number of carbonyl (C=O) groups is 1. The lowest BCUT2D eigenvalue weighted by atomic mass is 9.89. The Labute approximate surface area is 99.9 Å². The molecule has 0 heterocycles. The molecular formula is C13H27NO2. The van der Waals surface area contributed by atoms with E-state index in [9.17, 15) is 4.79 Å². The highest BCUT2D eigenvalue weighted by molar-refractivity contribution is 5.67. The fourth-order valence-electron chi connectivity index (χ4n) is 1.23. The minimum absolute atomic E-state index is 0.161. The third-order valence-corrected chi connectivity index (χ3v) is 2.09. The van der Waals surface area contributed by atoms with Gasteiger partial charge in [-0.15, -0.1) is 0 Å². The van der Waals surface area contributed by atoms with E-state index in [1.807, 2.05) is 27.7 Å². The van der Waals surface area contributed by atoms with E-state index in [1.54, 1.807) is 0 Å². The van der Waals surface area contributed by atoms with E-state index in [0.717, 1.165) is 12.8 Å². The van der Waals surface area contributed by atoms with Crippen LogP contribution in [0.5, 0.6) is 0 Å². The molecule has 16 heavy (non-hydrogen) atoms. The van der Waals surface area contributed by atoms with Crippen molar-refractivity contribution in [3.05, 3.63) is 0 Å². The lowest BCUT2D eigenvalue weighted by Gasteiger charge is -2.24. The number of hydrogen-bond acceptors (Lipinski definition) is 2. The summed E-state index contributed by atoms with van der Waals surface area (Å²) in [5.41, 5.74) is -0.113. The quantitative estimate of drug-likeness (QED) is 0.801. The molecule has 0 bridgehead atoms. The summed E-state index contributed by atoms with van der Waals surface area (Å²) >= 11 is 0. The molecule has 0 aromatic heterocycles. The summed E-state index contributed by atoms with van der Waals surface area (Å²) in [6.45, 7) is 14.2. The number of ether oxygens (including phenoxy) is 1. The first-order chi connectivity index (χ1) is 6.99. The maximum Gasteiger partial charge on any atom is 0.407 e. The van der Waals surface area contributed by atoms with Crippen molar-refractivity contribution in [2.45, 2.75) is 73.0 Å². The lowest BCUT2D eigenvalue weighted by Crippen LogP contribution is -2.38. The highest BCUT2D eigenvalue weighted by Crippen LogP contribution is 2.21. The number of nitrogens with one attached hydrogen (secondary N) is 1. The second kappa shape index (κ2) is 5.55. The predicted molar refractivity (Wildman–Crippen MR) is 67.5 cm³/mol. The molecule has 0 rings (SSSR count). The third kappa shape index (κ3) is 9.81. The fraction of sp³-hybridized carbons (Fsp3) is 0.923. The van der Waals surface area contributed by atoms with Gasteiger partial charge in [0.2, 0.25) is 0 Å². The molecule has 0 aromatic rings. The van der Waals surface area contributed by atoms with E-state index in [-0.39, 0.29) is 12.1 Å². The van der Waals surface area contributed by atoms with Crippen LogP contribution in [0, 0.1) is 5.41 Å². The number of alkyl carbamates (subject to hydrolysis) is 1. The molecule has 0 fully saturated rings. The number of hydrogen-bond donors (Lipinski definition) is 1. The smallest absolute Gasteiger partial charge is 0.407 e. The number of amides is 1. The maximum absolute atomic E-state index is 11.5. The molecule has 0 aliphatic rings. The molecule has 1 atom stereocenters. The lowest BCUT2D eigenvalue weighted by molar-refractivity contribution is 0.0503. The van der Waals surface area contributed by atoms with E-state index >= 15 is 0 Å². The van der Waals surface area contributed by atoms with Crippen molar-refractivity contribution in [3.8, 4) is 0 Å². The van der Waals surface area contributed by atoms with Crippen LogP contribution in [0.15, 0.2) is 0 Å². The average molecular weight is 229 g/mol. The molecule has 0 saturated carbocycles. The van der Waals surface area contributed by atoms with E-state index in [4.69, 9.17) is 4.74 Å². The Morgan fingerprint density at radius 1 is 1.19 bits per heavy atom. The number of carbonyl (C=O) groups excluding carboxylic acids is 1. The van der Waals surface area contributed by atoms with Crippen LogP contribution in [0.2, 0.25) is 0 Å². The Balaban J connectivity index is 3.88. The number of rotatable bonds is 3. The molecule has 0 radical (unpaired) electrons. The summed E-state index contributed by atoms with van der Waals surface area (Å²) in [4.78, 5) is 11.5. The molecule has 1 unspecified atom stereocenters. The van der Waals surface area contributed by atoms with E-state index in [1.165, 1.54) is 0 Å². The maximum atomic E-state index is 11.5. The minimum atomic E-state index is -0.423. The highest BCUT2D eigenvalue weighted by Gasteiger charge is 2.18. The van der Waals surface area contributed by atoms with Crippen LogP contribution in [-0.2, 0) is 4.74 Å². The van der Waals surface area contributed by atoms with Gasteiger partial charge in [0.1, 0.15) is 5.60 Å². The molecule has 0 spiro atoms. The predicted octanol–water partition coefficient (Wildman–Crippen LogP) is 3.73. The zero-order chi connectivity index (χ0) is 13.0. The normalized spacial score (nSPS) is 14.4. The van der Waals surface area contributed by atoms with Crippen LogP contribution in [0.3, 0.4) is 0 Å². The van der Waals surface area contributed by atoms with Gasteiger partial charge in [0.05, 0.1) is 0 Å². The largest absolute Gasteiger partial charge is 0.444 e. The van der Waals surface area contributed by atoms with E-state index in [2.05, 4.69) is 26.1 Å². The van der Waals surface area contributed by atoms with Crippen molar-refractivity contribution in [1.82, 2.24) is 5.32 Å². The Hall–Kier alpha value is -0.730. The molecule has 1 N–H and O–H groups in total. The molecule has 0 aliphatic carbocycles. The standard InChI is InChI=1S/C13H27NO2/c1-10(8-9-12(2,3)4)14-11(15)16-13(5,6)7/h10H,8-9H2,1-7H3,(H,14,15). The fourth-order valence-corrected chi connectivity index (χ4v) is 1.23. The van der Waals surface area contributed by atoms with E-state index in [0.29, 0.717) is 5.41 Å². The zero-order valence-electron chi connectivity index (χ0n) is 11.8. The van der Waals surface area contributed by atoms with Crippen LogP contribution in [0.4, 0.5) is 4.79 Å². The molecule has 3 nitrogen and oxygen atoms in total. The Morgan fingerprint density at radius 2 is 1.69 bits per heavy atom. The van der Waals surface area contributed by atoms with Gasteiger partial charge in [-0.25, -0.2) is 4.79 Å². The first-order valence-electron chi connectivity index (χ1n) is 5.99. The SMILES string of the molecule is CC(CCC(C)(C)C)NC(=O)OC(C)(C)C. The molecular weight excluding hydrogens is 202 g/mol. The van der Waals surface area contributed by atoms with Gasteiger partial charge in [0, 0.05) is 6.04 Å². The first kappa shape index (κ1) is 15.3. The van der Waals surface area contributed by atoms with Gasteiger partial charge < -0.3 is 10.1 Å². The van der Waals surface area contributed by atoms with Crippen molar-refractivity contribution < 1.29 is 9.53 Å². The average Bonchev–Trinajstić information content (AvgIpc) is 1.95. The summed E-state index contributed by atoms with van der Waals surface area (Å²) in [7, 11) is 0. The van der Waals surface area contributed by atoms with Gasteiger partial charge in [-0.1, -0.05) is 20.8 Å². The molecule has 0 aromatic carbocycles. The van der Waals surface area contributed by atoms with Gasteiger partial charge in [0.25, 0.3) is 0 Å². The van der Waals surface area contributed by atoms with Crippen LogP contribution in [0.1, 0.15) is 61.3 Å². The van der Waals surface area contributed by atoms with E-state index < -0.39 is 5.60 Å². The van der Waals surface area contributed by atoms with Crippen LogP contribution in [0.25, 0.3) is 0 Å². The second-order valence-corrected chi connectivity index (χ2v) is 6.65. The topological polar surface area (TPSA) is 38.3 Å². The Bertz CT molecular complexity index is 223. The molecule has 0 saturated heterocycles.